The third kappa shape index (κ3) is 3.57. The van der Waals surface area contributed by atoms with Gasteiger partial charge in [0.05, 0.1) is 12.6 Å². The molecule has 5 heteroatoms. The van der Waals surface area contributed by atoms with Gasteiger partial charge in [-0.25, -0.2) is 0 Å². The second-order valence-corrected chi connectivity index (χ2v) is 8.16. The molecule has 0 aliphatic carbocycles. The van der Waals surface area contributed by atoms with Gasteiger partial charge in [-0.1, -0.05) is 48.0 Å². The number of benzene rings is 3. The third-order valence-electron chi connectivity index (χ3n) is 5.87. The fourth-order valence-corrected chi connectivity index (χ4v) is 4.70. The van der Waals surface area contributed by atoms with Gasteiger partial charge < -0.3 is 14.6 Å². The molecule has 4 aromatic rings. The van der Waals surface area contributed by atoms with Crippen LogP contribution < -0.4 is 4.74 Å². The monoisotopic (exact) mass is 430 g/mol. The van der Waals surface area contributed by atoms with E-state index in [1.807, 2.05) is 42.2 Å². The molecule has 1 amide bonds. The van der Waals surface area contributed by atoms with Crippen LogP contribution in [-0.4, -0.2) is 28.9 Å². The van der Waals surface area contributed by atoms with Crippen molar-refractivity contribution in [3.63, 3.8) is 0 Å². The summed E-state index contributed by atoms with van der Waals surface area (Å²) in [5.41, 5.74) is 5.10. The lowest BCUT2D eigenvalue weighted by molar-refractivity contribution is 0.0692. The maximum absolute atomic E-state index is 13.6. The summed E-state index contributed by atoms with van der Waals surface area (Å²) in [5, 5.41) is 1.79. The summed E-state index contributed by atoms with van der Waals surface area (Å²) in [6.45, 7) is 3.23. The Kier molecular flexibility index (Phi) is 5.16. The number of hydrogen-bond donors (Lipinski definition) is 1. The van der Waals surface area contributed by atoms with E-state index in [9.17, 15) is 4.79 Å². The van der Waals surface area contributed by atoms with Crippen molar-refractivity contribution in [1.82, 2.24) is 9.88 Å². The van der Waals surface area contributed by atoms with Crippen LogP contribution in [0.25, 0.3) is 10.9 Å². The number of nitrogens with zero attached hydrogens (tertiary/aromatic N) is 1. The van der Waals surface area contributed by atoms with Gasteiger partial charge in [-0.05, 0) is 60.9 Å². The predicted octanol–water partition coefficient (Wildman–Crippen LogP) is 6.01. The zero-order chi connectivity index (χ0) is 21.4. The second-order valence-electron chi connectivity index (χ2n) is 7.73. The van der Waals surface area contributed by atoms with Crippen LogP contribution in [0.2, 0.25) is 5.02 Å². The summed E-state index contributed by atoms with van der Waals surface area (Å²) >= 11 is 6.17. The third-order valence-corrected chi connectivity index (χ3v) is 6.11. The Morgan fingerprint density at radius 3 is 2.68 bits per heavy atom. The number of aromatic nitrogens is 1. The number of amides is 1. The minimum Gasteiger partial charge on any atom is -0.494 e. The van der Waals surface area contributed by atoms with E-state index in [4.69, 9.17) is 16.3 Å². The SMILES string of the molecule is CCOc1ccc([C@H]2c3[nH]c4ccccc4c3CCN2C(=O)c2cccc(Cl)c2)cc1. The van der Waals surface area contributed by atoms with Crippen LogP contribution in [0.15, 0.2) is 72.8 Å². The molecular formula is C26H23ClN2O2. The molecule has 4 nitrogen and oxygen atoms in total. The Morgan fingerprint density at radius 1 is 1.10 bits per heavy atom. The molecule has 31 heavy (non-hydrogen) atoms. The van der Waals surface area contributed by atoms with E-state index in [0.717, 1.165) is 28.9 Å². The number of halogens is 1. The summed E-state index contributed by atoms with van der Waals surface area (Å²) in [4.78, 5) is 19.1. The molecule has 0 unspecified atom stereocenters. The van der Waals surface area contributed by atoms with Crippen molar-refractivity contribution in [2.24, 2.45) is 0 Å². The molecular weight excluding hydrogens is 408 g/mol. The number of hydrogen-bond acceptors (Lipinski definition) is 2. The normalized spacial score (nSPS) is 15.7. The number of para-hydroxylation sites is 1. The van der Waals surface area contributed by atoms with Gasteiger partial charge in [0.15, 0.2) is 0 Å². The highest BCUT2D eigenvalue weighted by Gasteiger charge is 2.35. The zero-order valence-corrected chi connectivity index (χ0v) is 18.0. The Labute approximate surface area is 186 Å². The van der Waals surface area contributed by atoms with Crippen molar-refractivity contribution >= 4 is 28.4 Å². The van der Waals surface area contributed by atoms with Crippen molar-refractivity contribution in [3.8, 4) is 5.75 Å². The van der Waals surface area contributed by atoms with Gasteiger partial charge in [0.2, 0.25) is 0 Å². The van der Waals surface area contributed by atoms with Gasteiger partial charge in [-0.15, -0.1) is 0 Å². The number of fused-ring (bicyclic) bond motifs is 3. The van der Waals surface area contributed by atoms with E-state index in [-0.39, 0.29) is 11.9 Å². The maximum Gasteiger partial charge on any atom is 0.254 e. The molecule has 1 aliphatic heterocycles. The van der Waals surface area contributed by atoms with Crippen molar-refractivity contribution in [2.75, 3.05) is 13.2 Å². The zero-order valence-electron chi connectivity index (χ0n) is 17.3. The molecule has 0 bridgehead atoms. The molecule has 0 fully saturated rings. The molecule has 1 atom stereocenters. The van der Waals surface area contributed by atoms with Crippen LogP contribution >= 0.6 is 11.6 Å². The smallest absolute Gasteiger partial charge is 0.254 e. The number of rotatable bonds is 4. The van der Waals surface area contributed by atoms with Crippen molar-refractivity contribution in [3.05, 3.63) is 100 Å². The van der Waals surface area contributed by atoms with E-state index in [2.05, 4.69) is 35.3 Å². The number of carbonyl (C=O) groups is 1. The van der Waals surface area contributed by atoms with E-state index in [1.54, 1.807) is 12.1 Å². The van der Waals surface area contributed by atoms with Crippen molar-refractivity contribution in [2.45, 2.75) is 19.4 Å². The lowest BCUT2D eigenvalue weighted by atomic mass is 9.91. The van der Waals surface area contributed by atoms with Crippen molar-refractivity contribution in [1.29, 1.82) is 0 Å². The first-order valence-corrected chi connectivity index (χ1v) is 10.9. The van der Waals surface area contributed by atoms with Crippen LogP contribution in [0, 0.1) is 0 Å². The van der Waals surface area contributed by atoms with Crippen LogP contribution in [0.3, 0.4) is 0 Å². The number of nitrogens with one attached hydrogen (secondary N) is 1. The van der Waals surface area contributed by atoms with Gasteiger partial charge >= 0.3 is 0 Å². The highest BCUT2D eigenvalue weighted by atomic mass is 35.5. The summed E-state index contributed by atoms with van der Waals surface area (Å²) < 4.78 is 5.62. The van der Waals surface area contributed by atoms with Gasteiger partial charge in [0.25, 0.3) is 5.91 Å². The van der Waals surface area contributed by atoms with Gasteiger partial charge in [0, 0.05) is 33.7 Å². The summed E-state index contributed by atoms with van der Waals surface area (Å²) in [6, 6.07) is 23.3. The molecule has 0 spiro atoms. The number of ether oxygens (including phenoxy) is 1. The lowest BCUT2D eigenvalue weighted by Gasteiger charge is -2.36. The van der Waals surface area contributed by atoms with Gasteiger partial charge in [-0.2, -0.15) is 0 Å². The molecule has 1 N–H and O–H groups in total. The fourth-order valence-electron chi connectivity index (χ4n) is 4.51. The van der Waals surface area contributed by atoms with Crippen molar-refractivity contribution < 1.29 is 9.53 Å². The topological polar surface area (TPSA) is 45.3 Å². The molecule has 5 rings (SSSR count). The molecule has 1 aliphatic rings. The highest BCUT2D eigenvalue weighted by Crippen LogP contribution is 2.39. The average molecular weight is 431 g/mol. The molecule has 2 heterocycles. The van der Waals surface area contributed by atoms with E-state index in [0.29, 0.717) is 23.7 Å². The number of H-pyrrole nitrogens is 1. The molecule has 156 valence electrons. The Balaban J connectivity index is 1.63. The first-order chi connectivity index (χ1) is 15.2. The largest absolute Gasteiger partial charge is 0.494 e. The second kappa shape index (κ2) is 8.12. The maximum atomic E-state index is 13.6. The molecule has 3 aromatic carbocycles. The van der Waals surface area contributed by atoms with Gasteiger partial charge in [0.1, 0.15) is 5.75 Å². The lowest BCUT2D eigenvalue weighted by Crippen LogP contribution is -2.40. The number of aromatic amines is 1. The molecule has 0 saturated carbocycles. The van der Waals surface area contributed by atoms with E-state index in [1.165, 1.54) is 10.9 Å². The van der Waals surface area contributed by atoms with Crippen LogP contribution in [0.1, 0.15) is 40.1 Å². The molecule has 1 aromatic heterocycles. The molecule has 0 radical (unpaired) electrons. The highest BCUT2D eigenvalue weighted by molar-refractivity contribution is 6.31. The predicted molar refractivity (Wildman–Crippen MR) is 124 cm³/mol. The Morgan fingerprint density at radius 2 is 1.90 bits per heavy atom. The minimum absolute atomic E-state index is 0.0225. The summed E-state index contributed by atoms with van der Waals surface area (Å²) in [7, 11) is 0. The molecule has 0 saturated heterocycles. The quantitative estimate of drug-likeness (QED) is 0.431. The van der Waals surface area contributed by atoms with Gasteiger partial charge in [-0.3, -0.25) is 4.79 Å². The van der Waals surface area contributed by atoms with Crippen LogP contribution in [-0.2, 0) is 6.42 Å². The Bertz CT molecular complexity index is 1250. The number of carbonyl (C=O) groups excluding carboxylic acids is 1. The van der Waals surface area contributed by atoms with Crippen LogP contribution in [0.5, 0.6) is 5.75 Å². The fraction of sp³-hybridized carbons (Fsp3) is 0.192. The first-order valence-electron chi connectivity index (χ1n) is 10.5. The van der Waals surface area contributed by atoms with Crippen LogP contribution in [0.4, 0.5) is 0 Å². The first kappa shape index (κ1) is 19.7. The summed E-state index contributed by atoms with van der Waals surface area (Å²) in [5.74, 6) is 0.803. The van der Waals surface area contributed by atoms with E-state index < -0.39 is 0 Å². The minimum atomic E-state index is -0.210. The summed E-state index contributed by atoms with van der Waals surface area (Å²) in [6.07, 6.45) is 0.805. The standard InChI is InChI=1S/C26H23ClN2O2/c1-2-31-20-12-10-17(11-13-20)25-24-22(21-8-3-4-9-23(21)28-24)14-15-29(25)26(30)18-6-5-7-19(27)16-18/h3-13,16,25,28H,2,14-15H2,1H3/t25-/m0/s1. The van der Waals surface area contributed by atoms with E-state index >= 15 is 0 Å². The average Bonchev–Trinajstić information content (AvgIpc) is 3.17. The Hall–Kier alpha value is -3.24.